The Balaban J connectivity index is 1.39. The van der Waals surface area contributed by atoms with Gasteiger partial charge >= 0.3 is 6.03 Å². The molecule has 5 rings (SSSR count). The zero-order valence-electron chi connectivity index (χ0n) is 15.8. The second kappa shape index (κ2) is 6.75. The summed E-state index contributed by atoms with van der Waals surface area (Å²) in [6.07, 6.45) is 5.67. The van der Waals surface area contributed by atoms with Crippen molar-refractivity contribution in [2.45, 2.75) is 31.8 Å². The second-order valence-electron chi connectivity index (χ2n) is 7.56. The third-order valence-corrected chi connectivity index (χ3v) is 6.34. The molecule has 2 aliphatic rings. The van der Waals surface area contributed by atoms with Gasteiger partial charge in [-0.05, 0) is 44.3 Å². The molecule has 28 heavy (non-hydrogen) atoms. The number of hydrogen-bond acceptors (Lipinski definition) is 7. The van der Waals surface area contributed by atoms with Crippen LogP contribution in [0.4, 0.5) is 10.6 Å². The molecule has 2 fully saturated rings. The predicted octanol–water partition coefficient (Wildman–Crippen LogP) is 2.77. The fourth-order valence-electron chi connectivity index (χ4n) is 4.24. The number of likely N-dealkylation sites (tertiary alicyclic amines) is 1. The number of likely N-dealkylation sites (N-methyl/N-ethyl adjacent to an activating group) is 1. The van der Waals surface area contributed by atoms with Crippen LogP contribution in [-0.2, 0) is 0 Å². The lowest BCUT2D eigenvalue weighted by Gasteiger charge is -2.39. The molecule has 2 saturated heterocycles. The molecule has 3 aromatic heterocycles. The number of pyridine rings is 2. The number of urea groups is 1. The van der Waals surface area contributed by atoms with E-state index in [1.54, 1.807) is 12.4 Å². The number of aryl methyl sites for hydroxylation is 1. The number of amides is 2. The first-order valence-corrected chi connectivity index (χ1v) is 10.2. The zero-order valence-corrected chi connectivity index (χ0v) is 16.6. The quantitative estimate of drug-likeness (QED) is 0.718. The molecule has 144 valence electrons. The molecule has 0 radical (unpaired) electrons. The molecule has 0 saturated carbocycles. The number of fused-ring (bicyclic) bond motifs is 3. The van der Waals surface area contributed by atoms with Crippen molar-refractivity contribution in [3.8, 4) is 10.7 Å². The van der Waals surface area contributed by atoms with Crippen molar-refractivity contribution < 1.29 is 4.79 Å². The number of nitrogens with one attached hydrogen (secondary N) is 1. The molecule has 0 aromatic carbocycles. The van der Waals surface area contributed by atoms with Crippen molar-refractivity contribution in [2.24, 2.45) is 0 Å². The molecule has 3 aromatic rings. The molecule has 0 aliphatic carbocycles. The van der Waals surface area contributed by atoms with Crippen molar-refractivity contribution in [1.29, 1.82) is 0 Å². The van der Waals surface area contributed by atoms with Gasteiger partial charge in [0.25, 0.3) is 0 Å². The maximum absolute atomic E-state index is 12.9. The van der Waals surface area contributed by atoms with Crippen molar-refractivity contribution in [2.75, 3.05) is 25.5 Å². The van der Waals surface area contributed by atoms with Gasteiger partial charge in [0.15, 0.2) is 5.01 Å². The van der Waals surface area contributed by atoms with Crippen LogP contribution in [0.1, 0.15) is 17.8 Å². The lowest BCUT2D eigenvalue weighted by molar-refractivity contribution is 0.111. The van der Waals surface area contributed by atoms with Gasteiger partial charge in [-0.15, -0.1) is 10.2 Å². The van der Waals surface area contributed by atoms with Gasteiger partial charge in [-0.25, -0.2) is 9.78 Å². The summed E-state index contributed by atoms with van der Waals surface area (Å²) < 4.78 is 0. The van der Waals surface area contributed by atoms with Gasteiger partial charge in [-0.1, -0.05) is 11.3 Å². The van der Waals surface area contributed by atoms with Crippen LogP contribution in [0.3, 0.4) is 0 Å². The number of carbonyl (C=O) groups is 1. The summed E-state index contributed by atoms with van der Waals surface area (Å²) in [6.45, 7) is 3.79. The summed E-state index contributed by atoms with van der Waals surface area (Å²) in [5.41, 5.74) is 0.777. The van der Waals surface area contributed by atoms with E-state index in [2.05, 4.69) is 37.4 Å². The number of piperazine rings is 1. The van der Waals surface area contributed by atoms with Gasteiger partial charge in [-0.2, -0.15) is 0 Å². The maximum atomic E-state index is 12.9. The summed E-state index contributed by atoms with van der Waals surface area (Å²) in [4.78, 5) is 26.1. The van der Waals surface area contributed by atoms with Crippen LogP contribution >= 0.6 is 11.3 Å². The fourth-order valence-corrected chi connectivity index (χ4v) is 4.90. The Morgan fingerprint density at radius 1 is 1.11 bits per heavy atom. The third-order valence-electron chi connectivity index (χ3n) is 5.48. The fraction of sp³-hybridized carbons (Fsp3) is 0.421. The number of anilines is 1. The standard InChI is InChI=1S/C19H21N7OS/c1-11-23-24-18(28-11)16-5-12-6-17(21-8-13(12)7-20-16)22-19(27)26-14-3-4-15(26)10-25(2)9-14/h5-8,14-15H,3-4,9-10H2,1-2H3,(H,21,22,27). The van der Waals surface area contributed by atoms with Crippen molar-refractivity contribution in [1.82, 2.24) is 30.0 Å². The van der Waals surface area contributed by atoms with Gasteiger partial charge < -0.3 is 9.80 Å². The van der Waals surface area contributed by atoms with Crippen LogP contribution in [0.15, 0.2) is 24.5 Å². The first-order chi connectivity index (χ1) is 13.6. The van der Waals surface area contributed by atoms with Crippen molar-refractivity contribution in [3.63, 3.8) is 0 Å². The number of aromatic nitrogens is 4. The molecule has 1 N–H and O–H groups in total. The zero-order chi connectivity index (χ0) is 19.3. The predicted molar refractivity (Wildman–Crippen MR) is 108 cm³/mol. The molecule has 5 heterocycles. The monoisotopic (exact) mass is 395 g/mol. The molecule has 2 aliphatic heterocycles. The molecule has 2 unspecified atom stereocenters. The molecule has 8 nitrogen and oxygen atoms in total. The van der Waals surface area contributed by atoms with Gasteiger partial charge in [0, 0.05) is 43.0 Å². The van der Waals surface area contributed by atoms with E-state index in [1.165, 1.54) is 11.3 Å². The third kappa shape index (κ3) is 3.10. The van der Waals surface area contributed by atoms with E-state index in [0.717, 1.165) is 52.4 Å². The Morgan fingerprint density at radius 2 is 1.86 bits per heavy atom. The van der Waals surface area contributed by atoms with Crippen LogP contribution in [0, 0.1) is 6.92 Å². The molecule has 2 amide bonds. The lowest BCUT2D eigenvalue weighted by Crippen LogP contribution is -2.55. The summed E-state index contributed by atoms with van der Waals surface area (Å²) >= 11 is 1.51. The van der Waals surface area contributed by atoms with E-state index in [4.69, 9.17) is 0 Å². The van der Waals surface area contributed by atoms with E-state index in [9.17, 15) is 4.79 Å². The van der Waals surface area contributed by atoms with Crippen molar-refractivity contribution >= 4 is 34.0 Å². The Labute approximate surface area is 166 Å². The van der Waals surface area contributed by atoms with Crippen LogP contribution in [-0.4, -0.2) is 68.2 Å². The number of nitrogens with zero attached hydrogens (tertiary/aromatic N) is 6. The first kappa shape index (κ1) is 17.4. The highest BCUT2D eigenvalue weighted by Crippen LogP contribution is 2.30. The van der Waals surface area contributed by atoms with Crippen LogP contribution < -0.4 is 5.32 Å². The van der Waals surface area contributed by atoms with Gasteiger partial charge in [0.1, 0.15) is 16.5 Å². The highest BCUT2D eigenvalue weighted by molar-refractivity contribution is 7.14. The highest BCUT2D eigenvalue weighted by Gasteiger charge is 2.41. The van der Waals surface area contributed by atoms with E-state index in [1.807, 2.05) is 24.0 Å². The summed E-state index contributed by atoms with van der Waals surface area (Å²) in [7, 11) is 2.12. The Hall–Kier alpha value is -2.65. The number of carbonyl (C=O) groups excluding carboxylic acids is 1. The van der Waals surface area contributed by atoms with Crippen LogP contribution in [0.5, 0.6) is 0 Å². The molecule has 0 spiro atoms. The summed E-state index contributed by atoms with van der Waals surface area (Å²) in [5.74, 6) is 0.557. The van der Waals surface area contributed by atoms with Crippen LogP contribution in [0.2, 0.25) is 0 Å². The van der Waals surface area contributed by atoms with E-state index in [0.29, 0.717) is 17.9 Å². The van der Waals surface area contributed by atoms with Crippen LogP contribution in [0.25, 0.3) is 21.5 Å². The molecular formula is C19H21N7OS. The molecule has 9 heteroatoms. The minimum Gasteiger partial charge on any atom is -0.316 e. The minimum atomic E-state index is -0.0542. The van der Waals surface area contributed by atoms with Gasteiger partial charge in [0.2, 0.25) is 0 Å². The SMILES string of the molecule is Cc1nnc(-c2cc3cc(NC(=O)N4C5CCC4CN(C)C5)ncc3cn2)s1. The normalized spacial score (nSPS) is 22.0. The number of rotatable bonds is 2. The Morgan fingerprint density at radius 3 is 2.57 bits per heavy atom. The Bertz CT molecular complexity index is 1040. The topological polar surface area (TPSA) is 87.1 Å². The van der Waals surface area contributed by atoms with Gasteiger partial charge in [0.05, 0.1) is 0 Å². The van der Waals surface area contributed by atoms with E-state index < -0.39 is 0 Å². The summed E-state index contributed by atoms with van der Waals surface area (Å²) in [6, 6.07) is 4.39. The van der Waals surface area contributed by atoms with E-state index in [-0.39, 0.29) is 6.03 Å². The molecule has 2 atom stereocenters. The lowest BCUT2D eigenvalue weighted by atomic mass is 10.2. The average molecular weight is 395 g/mol. The average Bonchev–Trinajstić information content (AvgIpc) is 3.22. The van der Waals surface area contributed by atoms with E-state index >= 15 is 0 Å². The smallest absolute Gasteiger partial charge is 0.316 e. The summed E-state index contributed by atoms with van der Waals surface area (Å²) in [5, 5.41) is 14.8. The Kier molecular flexibility index (Phi) is 4.21. The largest absolute Gasteiger partial charge is 0.323 e. The first-order valence-electron chi connectivity index (χ1n) is 9.41. The van der Waals surface area contributed by atoms with Crippen molar-refractivity contribution in [3.05, 3.63) is 29.5 Å². The molecule has 2 bridgehead atoms. The second-order valence-corrected chi connectivity index (χ2v) is 8.74. The maximum Gasteiger partial charge on any atom is 0.323 e. The molecular weight excluding hydrogens is 374 g/mol. The minimum absolute atomic E-state index is 0.0542. The highest BCUT2D eigenvalue weighted by atomic mass is 32.1. The van der Waals surface area contributed by atoms with Gasteiger partial charge in [-0.3, -0.25) is 10.3 Å². The number of hydrogen-bond donors (Lipinski definition) is 1.